The monoisotopic (exact) mass is 897 g/mol. The first-order valence-corrected chi connectivity index (χ1v) is 27.6. The molecule has 0 bridgehead atoms. The lowest BCUT2D eigenvalue weighted by Crippen LogP contribution is -2.30. The Kier molecular flexibility index (Phi) is 50.8. The molecule has 0 fully saturated rings. The SMILES string of the molecule is CC/C=C\C/C=C\C/C=C\CCCCCCCCCC(=O)OC(COC(=O)CCCCCCCCC/C=C\CCCCCCCCC)COC(=O)CCCCCCCCCCCCC. The Bertz CT molecular complexity index is 1120. The lowest BCUT2D eigenvalue weighted by Gasteiger charge is -2.18. The molecular formula is C58H104O6. The number of carbonyl (C=O) groups is 3. The van der Waals surface area contributed by atoms with Gasteiger partial charge in [0.15, 0.2) is 6.10 Å². The summed E-state index contributed by atoms with van der Waals surface area (Å²) in [5, 5.41) is 0. The number of hydrogen-bond acceptors (Lipinski definition) is 6. The molecule has 0 heterocycles. The van der Waals surface area contributed by atoms with Crippen molar-refractivity contribution in [2.24, 2.45) is 0 Å². The number of ether oxygens (including phenoxy) is 3. The van der Waals surface area contributed by atoms with Crippen molar-refractivity contribution in [2.75, 3.05) is 13.2 Å². The average Bonchev–Trinajstić information content (AvgIpc) is 3.29. The summed E-state index contributed by atoms with van der Waals surface area (Å²) in [5.41, 5.74) is 0. The third-order valence-electron chi connectivity index (χ3n) is 12.1. The van der Waals surface area contributed by atoms with Crippen molar-refractivity contribution in [1.29, 1.82) is 0 Å². The number of carbonyl (C=O) groups excluding carboxylic acids is 3. The molecule has 0 saturated carbocycles. The highest BCUT2D eigenvalue weighted by Gasteiger charge is 2.19. The van der Waals surface area contributed by atoms with Gasteiger partial charge in [-0.25, -0.2) is 0 Å². The highest BCUT2D eigenvalue weighted by atomic mass is 16.6. The van der Waals surface area contributed by atoms with E-state index in [4.69, 9.17) is 14.2 Å². The molecule has 0 spiro atoms. The first-order chi connectivity index (χ1) is 31.5. The van der Waals surface area contributed by atoms with Crippen LogP contribution < -0.4 is 0 Å². The van der Waals surface area contributed by atoms with Crippen LogP contribution in [0.3, 0.4) is 0 Å². The van der Waals surface area contributed by atoms with Gasteiger partial charge in [0.05, 0.1) is 0 Å². The zero-order valence-corrected chi connectivity index (χ0v) is 42.6. The quantitative estimate of drug-likeness (QED) is 0.0262. The van der Waals surface area contributed by atoms with E-state index in [9.17, 15) is 14.4 Å². The van der Waals surface area contributed by atoms with Crippen molar-refractivity contribution in [2.45, 2.75) is 290 Å². The summed E-state index contributed by atoms with van der Waals surface area (Å²) >= 11 is 0. The van der Waals surface area contributed by atoms with Crippen molar-refractivity contribution >= 4 is 17.9 Å². The van der Waals surface area contributed by atoms with Crippen molar-refractivity contribution < 1.29 is 28.6 Å². The van der Waals surface area contributed by atoms with E-state index in [0.29, 0.717) is 19.3 Å². The van der Waals surface area contributed by atoms with E-state index in [-0.39, 0.29) is 31.1 Å². The second kappa shape index (κ2) is 53.0. The van der Waals surface area contributed by atoms with Crippen LogP contribution in [0.2, 0.25) is 0 Å². The zero-order chi connectivity index (χ0) is 46.5. The van der Waals surface area contributed by atoms with Crippen LogP contribution in [0.1, 0.15) is 284 Å². The molecule has 6 heteroatoms. The Morgan fingerprint density at radius 1 is 0.328 bits per heavy atom. The van der Waals surface area contributed by atoms with Crippen molar-refractivity contribution in [3.8, 4) is 0 Å². The van der Waals surface area contributed by atoms with Crippen molar-refractivity contribution in [3.63, 3.8) is 0 Å². The molecule has 6 nitrogen and oxygen atoms in total. The lowest BCUT2D eigenvalue weighted by molar-refractivity contribution is -0.167. The smallest absolute Gasteiger partial charge is 0.306 e. The normalized spacial score (nSPS) is 12.4. The molecule has 0 aliphatic carbocycles. The fourth-order valence-corrected chi connectivity index (χ4v) is 7.92. The maximum Gasteiger partial charge on any atom is 0.306 e. The summed E-state index contributed by atoms with van der Waals surface area (Å²) < 4.78 is 16.8. The summed E-state index contributed by atoms with van der Waals surface area (Å²) in [6, 6.07) is 0. The van der Waals surface area contributed by atoms with Gasteiger partial charge < -0.3 is 14.2 Å². The first-order valence-electron chi connectivity index (χ1n) is 27.6. The molecular weight excluding hydrogens is 793 g/mol. The van der Waals surface area contributed by atoms with Gasteiger partial charge in [-0.3, -0.25) is 14.4 Å². The van der Waals surface area contributed by atoms with Crippen molar-refractivity contribution in [1.82, 2.24) is 0 Å². The standard InChI is InChI=1S/C58H104O6/c1-4-7-10-13-16-19-22-24-26-28-30-31-33-36-39-42-45-48-51-57(60)63-54-55(53-62-56(59)50-47-44-41-38-35-21-18-15-12-9-6-3)64-58(61)52-49-46-43-40-37-34-32-29-27-25-23-20-17-14-11-8-5-2/h8,11,17,20,25-28,55H,4-7,9-10,12-16,18-19,21-24,29-54H2,1-3H3/b11-8-,20-17-,27-25-,28-26-. The van der Waals surface area contributed by atoms with E-state index in [1.807, 2.05) is 0 Å². The summed E-state index contributed by atoms with van der Waals surface area (Å²) in [6.45, 7) is 6.53. The average molecular weight is 897 g/mol. The molecule has 64 heavy (non-hydrogen) atoms. The van der Waals surface area contributed by atoms with Gasteiger partial charge in [-0.2, -0.15) is 0 Å². The predicted molar refractivity (Wildman–Crippen MR) is 275 cm³/mol. The maximum absolute atomic E-state index is 12.8. The molecule has 0 aliphatic heterocycles. The number of unbranched alkanes of at least 4 members (excludes halogenated alkanes) is 31. The van der Waals surface area contributed by atoms with E-state index >= 15 is 0 Å². The van der Waals surface area contributed by atoms with Crippen LogP contribution in [0.25, 0.3) is 0 Å². The number of rotatable bonds is 50. The van der Waals surface area contributed by atoms with Crippen LogP contribution in [0.4, 0.5) is 0 Å². The van der Waals surface area contributed by atoms with Gasteiger partial charge in [0.25, 0.3) is 0 Å². The predicted octanol–water partition coefficient (Wildman–Crippen LogP) is 18.3. The van der Waals surface area contributed by atoms with Gasteiger partial charge in [-0.05, 0) is 77.0 Å². The molecule has 0 radical (unpaired) electrons. The number of hydrogen-bond donors (Lipinski definition) is 0. The first kappa shape index (κ1) is 61.4. The van der Waals surface area contributed by atoms with E-state index in [1.165, 1.54) is 161 Å². The van der Waals surface area contributed by atoms with Crippen LogP contribution >= 0.6 is 0 Å². The summed E-state index contributed by atoms with van der Waals surface area (Å²) in [6.07, 6.45) is 63.8. The van der Waals surface area contributed by atoms with Crippen LogP contribution in [-0.4, -0.2) is 37.2 Å². The van der Waals surface area contributed by atoms with Crippen LogP contribution in [0.15, 0.2) is 48.6 Å². The molecule has 1 unspecified atom stereocenters. The molecule has 0 rings (SSSR count). The second-order valence-corrected chi connectivity index (χ2v) is 18.5. The summed E-state index contributed by atoms with van der Waals surface area (Å²) in [5.74, 6) is -0.880. The molecule has 1 atom stereocenters. The minimum absolute atomic E-state index is 0.0760. The van der Waals surface area contributed by atoms with Gasteiger partial charge in [-0.1, -0.05) is 236 Å². The van der Waals surface area contributed by atoms with Gasteiger partial charge in [0.2, 0.25) is 0 Å². The minimum Gasteiger partial charge on any atom is -0.462 e. The molecule has 0 N–H and O–H groups in total. The Labute approximate surface area is 397 Å². The molecule has 372 valence electrons. The highest BCUT2D eigenvalue weighted by molar-refractivity contribution is 5.71. The third kappa shape index (κ3) is 50.4. The van der Waals surface area contributed by atoms with Gasteiger partial charge >= 0.3 is 17.9 Å². The Morgan fingerprint density at radius 3 is 0.969 bits per heavy atom. The van der Waals surface area contributed by atoms with Gasteiger partial charge in [-0.15, -0.1) is 0 Å². The van der Waals surface area contributed by atoms with Crippen LogP contribution in [-0.2, 0) is 28.6 Å². The van der Waals surface area contributed by atoms with Gasteiger partial charge in [0.1, 0.15) is 13.2 Å². The number of allylic oxidation sites excluding steroid dienone is 8. The van der Waals surface area contributed by atoms with Crippen molar-refractivity contribution in [3.05, 3.63) is 48.6 Å². The maximum atomic E-state index is 12.8. The minimum atomic E-state index is -0.777. The largest absolute Gasteiger partial charge is 0.462 e. The molecule has 0 saturated heterocycles. The zero-order valence-electron chi connectivity index (χ0n) is 42.6. The topological polar surface area (TPSA) is 78.9 Å². The Hall–Kier alpha value is -2.63. The van der Waals surface area contributed by atoms with E-state index in [1.54, 1.807) is 0 Å². The molecule has 0 aromatic heterocycles. The van der Waals surface area contributed by atoms with Crippen LogP contribution in [0.5, 0.6) is 0 Å². The molecule has 0 amide bonds. The number of esters is 3. The molecule has 0 aromatic rings. The second-order valence-electron chi connectivity index (χ2n) is 18.5. The highest BCUT2D eigenvalue weighted by Crippen LogP contribution is 2.15. The Balaban J connectivity index is 4.34. The summed E-state index contributed by atoms with van der Waals surface area (Å²) in [4.78, 5) is 38.0. The molecule has 0 aromatic carbocycles. The Morgan fingerprint density at radius 2 is 0.609 bits per heavy atom. The van der Waals surface area contributed by atoms with E-state index in [0.717, 1.165) is 83.5 Å². The van der Waals surface area contributed by atoms with E-state index in [2.05, 4.69) is 69.4 Å². The third-order valence-corrected chi connectivity index (χ3v) is 12.1. The van der Waals surface area contributed by atoms with E-state index < -0.39 is 6.10 Å². The summed E-state index contributed by atoms with van der Waals surface area (Å²) in [7, 11) is 0. The fraction of sp³-hybridized carbons (Fsp3) is 0.810. The van der Waals surface area contributed by atoms with Gasteiger partial charge in [0, 0.05) is 19.3 Å². The molecule has 0 aliphatic rings. The lowest BCUT2D eigenvalue weighted by atomic mass is 10.1. The fourth-order valence-electron chi connectivity index (χ4n) is 7.92. The van der Waals surface area contributed by atoms with Crippen LogP contribution in [0, 0.1) is 0 Å².